The number of amides is 1. The van der Waals surface area contributed by atoms with Crippen molar-refractivity contribution in [3.8, 4) is 0 Å². The van der Waals surface area contributed by atoms with Gasteiger partial charge in [0, 0.05) is 18.3 Å². The Labute approximate surface area is 334 Å². The van der Waals surface area contributed by atoms with E-state index in [0.29, 0.717) is 0 Å². The normalized spacial score (nSPS) is 16.4. The highest BCUT2D eigenvalue weighted by atomic mass is 32.2. The third-order valence-corrected chi connectivity index (χ3v) is 13.6. The predicted molar refractivity (Wildman–Crippen MR) is 225 cm³/mol. The second-order valence-electron chi connectivity index (χ2n) is 15.1. The molecule has 1 heterocycles. The Morgan fingerprint density at radius 2 is 1.20 bits per heavy atom. The van der Waals surface area contributed by atoms with Gasteiger partial charge in [-0.15, -0.1) is 11.8 Å². The Kier molecular flexibility index (Phi) is 11.5. The fraction of sp³-hybridized carbons (Fsp3) is 0.234. The minimum atomic E-state index is -4.21. The summed E-state index contributed by atoms with van der Waals surface area (Å²) in [6, 6.07) is 51.8. The van der Waals surface area contributed by atoms with Gasteiger partial charge in [-0.2, -0.15) is 4.31 Å². The molecule has 6 aromatic carbocycles. The first kappa shape index (κ1) is 39.0. The highest BCUT2D eigenvalue weighted by Gasteiger charge is 2.49. The summed E-state index contributed by atoms with van der Waals surface area (Å²) in [5.74, 6) is -1.01. The number of hydrogen-bond donors (Lipinski definition) is 0. The molecule has 0 aromatic heterocycles. The third kappa shape index (κ3) is 8.45. The number of fused-ring (bicyclic) bond motifs is 1. The van der Waals surface area contributed by atoms with Gasteiger partial charge < -0.3 is 9.64 Å². The largest absolute Gasteiger partial charge is 0.459 e. The molecule has 1 saturated heterocycles. The third-order valence-electron chi connectivity index (χ3n) is 9.98. The van der Waals surface area contributed by atoms with E-state index >= 15 is 4.79 Å². The zero-order valence-corrected chi connectivity index (χ0v) is 33.5. The highest BCUT2D eigenvalue weighted by Crippen LogP contribution is 2.52. The van der Waals surface area contributed by atoms with Crippen molar-refractivity contribution in [2.45, 2.75) is 60.3 Å². The summed E-state index contributed by atoms with van der Waals surface area (Å²) < 4.78 is 36.2. The summed E-state index contributed by atoms with van der Waals surface area (Å²) in [5, 5.41) is 1.37. The van der Waals surface area contributed by atoms with Gasteiger partial charge in [0.05, 0.1) is 9.64 Å². The first-order valence-electron chi connectivity index (χ1n) is 18.8. The quantitative estimate of drug-likeness (QED) is 0.0911. The maximum absolute atomic E-state index is 15.1. The molecule has 2 atom stereocenters. The van der Waals surface area contributed by atoms with Crippen molar-refractivity contribution >= 4 is 44.4 Å². The molecular weight excluding hydrogens is 737 g/mol. The molecule has 0 N–H and O–H groups in total. The van der Waals surface area contributed by atoms with E-state index in [1.807, 2.05) is 109 Å². The number of carbonyl (C=O) groups excluding carboxylic acids is 2. The van der Waals surface area contributed by atoms with Gasteiger partial charge in [0.2, 0.25) is 15.9 Å². The van der Waals surface area contributed by atoms with Crippen molar-refractivity contribution in [3.05, 3.63) is 186 Å². The average Bonchev–Trinajstić information content (AvgIpc) is 3.64. The molecule has 1 aliphatic heterocycles. The Hall–Kier alpha value is -5.22. The lowest BCUT2D eigenvalue weighted by Crippen LogP contribution is -2.49. The SMILES string of the molecule is CC(C)(C)OC(=O)CN(Cc1ccccc1)C(=O)C1CC(SC(c2ccccc2)(c2ccccc2)c2ccccc2)CN1S(=O)(=O)c1ccc2ccccc2c1. The molecule has 6 aromatic rings. The van der Waals surface area contributed by atoms with E-state index in [9.17, 15) is 13.2 Å². The smallest absolute Gasteiger partial charge is 0.326 e. The molecule has 0 aliphatic carbocycles. The molecule has 2 unspecified atom stereocenters. The molecule has 1 fully saturated rings. The molecule has 9 heteroatoms. The summed E-state index contributed by atoms with van der Waals surface area (Å²) in [6.07, 6.45) is 0.226. The fourth-order valence-electron chi connectivity index (χ4n) is 7.54. The van der Waals surface area contributed by atoms with Crippen molar-refractivity contribution in [1.82, 2.24) is 9.21 Å². The van der Waals surface area contributed by atoms with Crippen LogP contribution in [0.2, 0.25) is 0 Å². The number of esters is 1. The molecule has 0 spiro atoms. The molecule has 0 saturated carbocycles. The molecule has 1 amide bonds. The van der Waals surface area contributed by atoms with E-state index in [1.54, 1.807) is 50.7 Å². The monoisotopic (exact) mass is 782 g/mol. The maximum atomic E-state index is 15.1. The molecule has 0 radical (unpaired) electrons. The van der Waals surface area contributed by atoms with Gasteiger partial charge in [-0.3, -0.25) is 9.59 Å². The van der Waals surface area contributed by atoms with Gasteiger partial charge in [0.25, 0.3) is 0 Å². The standard InChI is InChI=1S/C47H46N2O5S2/c1-46(2,3)54-44(50)34-48(32-35-18-8-4-9-19-35)45(51)43-31-41(33-49(43)56(52,53)42-29-28-36-20-16-17-21-37(36)30-42)55-47(38-22-10-5-11-23-38,39-24-12-6-13-25-39)40-26-14-7-15-27-40/h4-30,41,43H,31-34H2,1-3H3. The van der Waals surface area contributed by atoms with Crippen LogP contribution in [0.25, 0.3) is 10.8 Å². The second-order valence-corrected chi connectivity index (χ2v) is 18.5. The van der Waals surface area contributed by atoms with Gasteiger partial charge in [-0.05, 0) is 72.4 Å². The Balaban J connectivity index is 1.34. The van der Waals surface area contributed by atoms with Gasteiger partial charge >= 0.3 is 5.97 Å². The fourth-order valence-corrected chi connectivity index (χ4v) is 11.1. The van der Waals surface area contributed by atoms with Crippen molar-refractivity contribution in [2.75, 3.05) is 13.1 Å². The van der Waals surface area contributed by atoms with Crippen molar-refractivity contribution in [1.29, 1.82) is 0 Å². The van der Waals surface area contributed by atoms with Crippen molar-refractivity contribution in [3.63, 3.8) is 0 Å². The highest BCUT2D eigenvalue weighted by molar-refractivity contribution is 8.01. The van der Waals surface area contributed by atoms with Gasteiger partial charge in [0.1, 0.15) is 18.2 Å². The lowest BCUT2D eigenvalue weighted by Gasteiger charge is -2.37. The summed E-state index contributed by atoms with van der Waals surface area (Å²) >= 11 is 1.67. The van der Waals surface area contributed by atoms with E-state index in [-0.39, 0.29) is 36.2 Å². The number of hydrogen-bond acceptors (Lipinski definition) is 6. The molecule has 7 nitrogen and oxygen atoms in total. The predicted octanol–water partition coefficient (Wildman–Crippen LogP) is 9.07. The average molecular weight is 783 g/mol. The van der Waals surface area contributed by atoms with Crippen LogP contribution in [-0.4, -0.2) is 59.5 Å². The van der Waals surface area contributed by atoms with Crippen LogP contribution in [0.15, 0.2) is 169 Å². The summed E-state index contributed by atoms with van der Waals surface area (Å²) in [4.78, 5) is 30.0. The molecule has 7 rings (SSSR count). The van der Waals surface area contributed by atoms with E-state index in [1.165, 1.54) is 9.21 Å². The van der Waals surface area contributed by atoms with E-state index in [4.69, 9.17) is 4.74 Å². The zero-order chi connectivity index (χ0) is 39.3. The van der Waals surface area contributed by atoms with Gasteiger partial charge in [0.15, 0.2) is 0 Å². The van der Waals surface area contributed by atoms with E-state index in [0.717, 1.165) is 33.0 Å². The van der Waals surface area contributed by atoms with Crippen LogP contribution in [0.3, 0.4) is 0 Å². The van der Waals surface area contributed by atoms with Crippen LogP contribution in [0, 0.1) is 0 Å². The van der Waals surface area contributed by atoms with Crippen LogP contribution in [-0.2, 0) is 35.6 Å². The van der Waals surface area contributed by atoms with Crippen LogP contribution in [0.1, 0.15) is 49.4 Å². The molecule has 56 heavy (non-hydrogen) atoms. The lowest BCUT2D eigenvalue weighted by molar-refractivity contribution is -0.159. The number of nitrogens with zero attached hydrogens (tertiary/aromatic N) is 2. The van der Waals surface area contributed by atoms with E-state index < -0.39 is 38.3 Å². The summed E-state index contributed by atoms with van der Waals surface area (Å²) in [6.45, 7) is 5.20. The zero-order valence-electron chi connectivity index (χ0n) is 31.8. The van der Waals surface area contributed by atoms with Crippen molar-refractivity contribution < 1.29 is 22.7 Å². The first-order valence-corrected chi connectivity index (χ1v) is 21.2. The van der Waals surface area contributed by atoms with Gasteiger partial charge in [-0.25, -0.2) is 8.42 Å². The minimum absolute atomic E-state index is 0.0795. The Morgan fingerprint density at radius 3 is 1.73 bits per heavy atom. The topological polar surface area (TPSA) is 84.0 Å². The molecule has 286 valence electrons. The summed E-state index contributed by atoms with van der Waals surface area (Å²) in [7, 11) is -4.21. The number of sulfonamides is 1. The Bertz CT molecular complexity index is 2290. The number of benzene rings is 6. The Morgan fingerprint density at radius 1 is 0.696 bits per heavy atom. The second kappa shape index (κ2) is 16.5. The molecule has 0 bridgehead atoms. The molecular formula is C47H46N2O5S2. The minimum Gasteiger partial charge on any atom is -0.459 e. The number of rotatable bonds is 12. The van der Waals surface area contributed by atoms with E-state index in [2.05, 4.69) is 36.4 Å². The maximum Gasteiger partial charge on any atom is 0.326 e. The van der Waals surface area contributed by atoms with Crippen LogP contribution in [0.4, 0.5) is 0 Å². The summed E-state index contributed by atoms with van der Waals surface area (Å²) in [5.41, 5.74) is 3.16. The first-order chi connectivity index (χ1) is 26.9. The number of ether oxygens (including phenoxy) is 1. The van der Waals surface area contributed by atoms with Crippen LogP contribution >= 0.6 is 11.8 Å². The van der Waals surface area contributed by atoms with Gasteiger partial charge in [-0.1, -0.05) is 152 Å². The van der Waals surface area contributed by atoms with Crippen LogP contribution < -0.4 is 0 Å². The lowest BCUT2D eigenvalue weighted by atomic mass is 9.84. The van der Waals surface area contributed by atoms with Crippen LogP contribution in [0.5, 0.6) is 0 Å². The number of thioether (sulfide) groups is 1. The number of carbonyl (C=O) groups is 2. The van der Waals surface area contributed by atoms with Crippen molar-refractivity contribution in [2.24, 2.45) is 0 Å². The molecule has 1 aliphatic rings.